The fraction of sp³-hybridized carbons (Fsp3) is 0.500. The van der Waals surface area contributed by atoms with Gasteiger partial charge >= 0.3 is 0 Å². The molecule has 0 aliphatic rings. The van der Waals surface area contributed by atoms with Crippen LogP contribution >= 0.6 is 0 Å². The van der Waals surface area contributed by atoms with Crippen LogP contribution in [0.4, 0.5) is 11.4 Å². The maximum atomic E-state index is 12.2. The summed E-state index contributed by atoms with van der Waals surface area (Å²) in [5, 5.41) is 5.64. The Morgan fingerprint density at radius 2 is 0.971 bits per heavy atom. The van der Waals surface area contributed by atoms with E-state index in [0.717, 1.165) is 24.3 Å². The summed E-state index contributed by atoms with van der Waals surface area (Å²) in [6.45, 7) is 5.78. The number of rotatable bonds is 17. The molecule has 0 saturated heterocycles. The summed E-state index contributed by atoms with van der Waals surface area (Å²) in [7, 11) is 0. The molecule has 0 fully saturated rings. The number of benzene rings is 2. The van der Waals surface area contributed by atoms with Gasteiger partial charge in [0.1, 0.15) is 11.5 Å². The van der Waals surface area contributed by atoms with E-state index in [9.17, 15) is 9.59 Å². The Morgan fingerprint density at radius 3 is 1.32 bits per heavy atom. The molecule has 186 valence electrons. The second-order valence-corrected chi connectivity index (χ2v) is 8.46. The fourth-order valence-electron chi connectivity index (χ4n) is 3.38. The first-order valence-electron chi connectivity index (χ1n) is 12.7. The molecule has 2 rings (SSSR count). The number of carbonyl (C=O) groups is 2. The Labute approximate surface area is 204 Å². The molecular formula is C28H40N2O4. The third kappa shape index (κ3) is 11.7. The summed E-state index contributed by atoms with van der Waals surface area (Å²) >= 11 is 0. The average molecular weight is 469 g/mol. The van der Waals surface area contributed by atoms with E-state index >= 15 is 0 Å². The van der Waals surface area contributed by atoms with Gasteiger partial charge in [-0.25, -0.2) is 0 Å². The summed E-state index contributed by atoms with van der Waals surface area (Å²) in [6, 6.07) is 14.6. The number of hydrogen-bond acceptors (Lipinski definition) is 4. The van der Waals surface area contributed by atoms with E-state index < -0.39 is 0 Å². The molecule has 0 unspecified atom stereocenters. The van der Waals surface area contributed by atoms with Gasteiger partial charge in [0, 0.05) is 24.2 Å². The minimum atomic E-state index is -0.199. The van der Waals surface area contributed by atoms with Gasteiger partial charge in [-0.1, -0.05) is 52.4 Å². The number of nitrogens with one attached hydrogen (secondary N) is 2. The number of amides is 2. The minimum Gasteiger partial charge on any atom is -0.494 e. The summed E-state index contributed by atoms with van der Waals surface area (Å²) in [5.74, 6) is 1.19. The molecule has 2 N–H and O–H groups in total. The zero-order valence-electron chi connectivity index (χ0n) is 20.7. The van der Waals surface area contributed by atoms with Crippen LogP contribution in [0, 0.1) is 0 Å². The molecule has 0 saturated carbocycles. The van der Waals surface area contributed by atoms with E-state index in [1.165, 1.54) is 38.5 Å². The fourth-order valence-corrected chi connectivity index (χ4v) is 3.38. The number of ether oxygens (including phenoxy) is 2. The van der Waals surface area contributed by atoms with Crippen LogP contribution in [-0.2, 0) is 9.59 Å². The molecule has 6 nitrogen and oxygen atoms in total. The molecule has 0 atom stereocenters. The zero-order valence-corrected chi connectivity index (χ0v) is 20.7. The van der Waals surface area contributed by atoms with Gasteiger partial charge in [0.15, 0.2) is 0 Å². The largest absolute Gasteiger partial charge is 0.494 e. The lowest BCUT2D eigenvalue weighted by Gasteiger charge is -2.09. The number of anilines is 2. The van der Waals surface area contributed by atoms with Crippen molar-refractivity contribution in [2.24, 2.45) is 0 Å². The van der Waals surface area contributed by atoms with Crippen LogP contribution in [0.15, 0.2) is 48.5 Å². The Kier molecular flexibility index (Phi) is 13.3. The van der Waals surface area contributed by atoms with E-state index in [0.29, 0.717) is 24.6 Å². The third-order valence-electron chi connectivity index (χ3n) is 5.39. The van der Waals surface area contributed by atoms with Crippen molar-refractivity contribution >= 4 is 23.2 Å². The van der Waals surface area contributed by atoms with Crippen molar-refractivity contribution in [2.45, 2.75) is 78.1 Å². The first-order valence-corrected chi connectivity index (χ1v) is 12.7. The van der Waals surface area contributed by atoms with Gasteiger partial charge in [-0.2, -0.15) is 0 Å². The molecule has 2 amide bonds. The van der Waals surface area contributed by atoms with Gasteiger partial charge in [-0.3, -0.25) is 9.59 Å². The van der Waals surface area contributed by atoms with E-state index in [4.69, 9.17) is 9.47 Å². The van der Waals surface area contributed by atoms with Crippen molar-refractivity contribution in [1.29, 1.82) is 0 Å². The Bertz CT molecular complexity index is 763. The van der Waals surface area contributed by atoms with E-state index in [2.05, 4.69) is 24.5 Å². The predicted molar refractivity (Wildman–Crippen MR) is 139 cm³/mol. The quantitative estimate of drug-likeness (QED) is 0.246. The monoisotopic (exact) mass is 468 g/mol. The molecule has 2 aromatic carbocycles. The molecule has 2 aromatic rings. The molecule has 0 aliphatic carbocycles. The lowest BCUT2D eigenvalue weighted by atomic mass is 10.2. The van der Waals surface area contributed by atoms with Crippen LogP contribution in [0.25, 0.3) is 0 Å². The van der Waals surface area contributed by atoms with Crippen molar-refractivity contribution < 1.29 is 19.1 Å². The summed E-state index contributed by atoms with van der Waals surface area (Å²) < 4.78 is 11.4. The van der Waals surface area contributed by atoms with Gasteiger partial charge in [-0.05, 0) is 61.4 Å². The summed E-state index contributed by atoms with van der Waals surface area (Å²) in [5.41, 5.74) is 1.38. The molecule has 0 heterocycles. The molecule has 0 radical (unpaired) electrons. The zero-order chi connectivity index (χ0) is 24.4. The summed E-state index contributed by atoms with van der Waals surface area (Å²) in [4.78, 5) is 24.4. The average Bonchev–Trinajstić information content (AvgIpc) is 2.84. The normalized spacial score (nSPS) is 10.5. The van der Waals surface area contributed by atoms with E-state index in [1.54, 1.807) is 0 Å². The van der Waals surface area contributed by atoms with E-state index in [1.807, 2.05) is 48.5 Å². The Hall–Kier alpha value is -3.02. The molecule has 0 aliphatic heterocycles. The highest BCUT2D eigenvalue weighted by atomic mass is 16.5. The molecule has 0 spiro atoms. The third-order valence-corrected chi connectivity index (χ3v) is 5.39. The van der Waals surface area contributed by atoms with Crippen molar-refractivity contribution in [2.75, 3.05) is 23.8 Å². The van der Waals surface area contributed by atoms with Crippen molar-refractivity contribution in [1.82, 2.24) is 0 Å². The van der Waals surface area contributed by atoms with Crippen molar-refractivity contribution in [3.8, 4) is 11.5 Å². The molecule has 0 bridgehead atoms. The lowest BCUT2D eigenvalue weighted by Crippen LogP contribution is -2.17. The Balaban J connectivity index is 1.63. The lowest BCUT2D eigenvalue weighted by molar-refractivity contribution is -0.121. The highest BCUT2D eigenvalue weighted by molar-refractivity contribution is 5.96. The highest BCUT2D eigenvalue weighted by Gasteiger charge is 2.08. The molecule has 6 heteroatoms. The van der Waals surface area contributed by atoms with Crippen LogP contribution in [-0.4, -0.2) is 25.0 Å². The van der Waals surface area contributed by atoms with Crippen LogP contribution in [0.1, 0.15) is 78.1 Å². The molecule has 0 aromatic heterocycles. The maximum Gasteiger partial charge on any atom is 0.224 e. The SMILES string of the molecule is CCCCCCOc1ccc(NC(=O)CCC(=O)Nc2ccc(OCCCCCC)cc2)cc1. The predicted octanol–water partition coefficient (Wildman–Crippen LogP) is 6.96. The summed E-state index contributed by atoms with van der Waals surface area (Å²) in [6.07, 6.45) is 9.54. The van der Waals surface area contributed by atoms with Gasteiger partial charge in [-0.15, -0.1) is 0 Å². The van der Waals surface area contributed by atoms with Crippen LogP contribution in [0.5, 0.6) is 11.5 Å². The second kappa shape index (κ2) is 16.6. The first-order chi connectivity index (χ1) is 16.6. The van der Waals surface area contributed by atoms with Crippen molar-refractivity contribution in [3.63, 3.8) is 0 Å². The second-order valence-electron chi connectivity index (χ2n) is 8.46. The Morgan fingerprint density at radius 1 is 0.588 bits per heavy atom. The standard InChI is InChI=1S/C28H40N2O4/c1-3-5-7-9-21-33-25-15-11-23(12-16-25)29-27(31)19-20-28(32)30-24-13-17-26(18-14-24)34-22-10-8-6-4-2/h11-18H,3-10,19-22H2,1-2H3,(H,29,31)(H,30,32). The number of hydrogen-bond donors (Lipinski definition) is 2. The van der Waals surface area contributed by atoms with Crippen LogP contribution in [0.2, 0.25) is 0 Å². The smallest absolute Gasteiger partial charge is 0.224 e. The van der Waals surface area contributed by atoms with Crippen LogP contribution < -0.4 is 20.1 Å². The van der Waals surface area contributed by atoms with Gasteiger partial charge in [0.25, 0.3) is 0 Å². The van der Waals surface area contributed by atoms with E-state index in [-0.39, 0.29) is 24.7 Å². The van der Waals surface area contributed by atoms with Gasteiger partial charge < -0.3 is 20.1 Å². The minimum absolute atomic E-state index is 0.112. The van der Waals surface area contributed by atoms with Crippen LogP contribution in [0.3, 0.4) is 0 Å². The molecule has 34 heavy (non-hydrogen) atoms. The topological polar surface area (TPSA) is 76.7 Å². The number of carbonyl (C=O) groups excluding carboxylic acids is 2. The highest BCUT2D eigenvalue weighted by Crippen LogP contribution is 2.18. The van der Waals surface area contributed by atoms with Gasteiger partial charge in [0.2, 0.25) is 11.8 Å². The number of unbranched alkanes of at least 4 members (excludes halogenated alkanes) is 6. The van der Waals surface area contributed by atoms with Crippen molar-refractivity contribution in [3.05, 3.63) is 48.5 Å². The maximum absolute atomic E-state index is 12.2. The van der Waals surface area contributed by atoms with Gasteiger partial charge in [0.05, 0.1) is 13.2 Å². The molecular weight excluding hydrogens is 428 g/mol. The first kappa shape index (κ1) is 27.2.